The van der Waals surface area contributed by atoms with Crippen molar-refractivity contribution in [2.24, 2.45) is 0 Å². The van der Waals surface area contributed by atoms with Crippen LogP contribution in [0.4, 0.5) is 0 Å². The van der Waals surface area contributed by atoms with Crippen molar-refractivity contribution in [3.63, 3.8) is 0 Å². The number of rotatable bonds is 3. The summed E-state index contributed by atoms with van der Waals surface area (Å²) in [4.78, 5) is 28.0. The molecule has 1 aromatic rings. The lowest BCUT2D eigenvalue weighted by atomic mass is 10.2. The molecule has 1 heterocycles. The van der Waals surface area contributed by atoms with Crippen molar-refractivity contribution in [2.45, 2.75) is 46.3 Å². The van der Waals surface area contributed by atoms with Crippen molar-refractivity contribution in [1.82, 2.24) is 10.3 Å². The minimum absolute atomic E-state index is 0.307. The van der Waals surface area contributed by atoms with E-state index in [0.29, 0.717) is 4.88 Å². The topological polar surface area (TPSA) is 68.3 Å². The SMILES string of the molecule is Cc1ncc(C(=O)N[C@H](C)C(=O)OC(C)(C)C)s1. The summed E-state index contributed by atoms with van der Waals surface area (Å²) in [5.41, 5.74) is -0.558. The molecule has 0 radical (unpaired) electrons. The highest BCUT2D eigenvalue weighted by atomic mass is 32.1. The van der Waals surface area contributed by atoms with Crippen LogP contribution in [0.2, 0.25) is 0 Å². The van der Waals surface area contributed by atoms with Crippen molar-refractivity contribution >= 4 is 23.2 Å². The van der Waals surface area contributed by atoms with Crippen LogP contribution >= 0.6 is 11.3 Å². The van der Waals surface area contributed by atoms with Crippen LogP contribution in [0.15, 0.2) is 6.20 Å². The monoisotopic (exact) mass is 270 g/mol. The Kier molecular flexibility index (Phi) is 4.45. The second-order valence-electron chi connectivity index (χ2n) is 4.97. The predicted octanol–water partition coefficient (Wildman–Crippen LogP) is 1.91. The highest BCUT2D eigenvalue weighted by molar-refractivity contribution is 7.13. The molecule has 1 N–H and O–H groups in total. The van der Waals surface area contributed by atoms with Gasteiger partial charge in [0, 0.05) is 0 Å². The Hall–Kier alpha value is -1.43. The molecule has 1 rings (SSSR count). The van der Waals surface area contributed by atoms with Gasteiger partial charge in [-0.1, -0.05) is 0 Å². The normalized spacial score (nSPS) is 12.9. The van der Waals surface area contributed by atoms with Crippen LogP contribution in [0.3, 0.4) is 0 Å². The predicted molar refractivity (Wildman–Crippen MR) is 69.6 cm³/mol. The van der Waals surface area contributed by atoms with Gasteiger partial charge in [-0.25, -0.2) is 9.78 Å². The Morgan fingerprint density at radius 3 is 2.50 bits per heavy atom. The Labute approximate surface area is 111 Å². The standard InChI is InChI=1S/C12H18N2O3S/c1-7(11(16)17-12(3,4)5)14-10(15)9-6-13-8(2)18-9/h6-7H,1-5H3,(H,14,15)/t7-/m1/s1. The molecule has 0 unspecified atom stereocenters. The fraction of sp³-hybridized carbons (Fsp3) is 0.583. The van der Waals surface area contributed by atoms with E-state index in [2.05, 4.69) is 10.3 Å². The van der Waals surface area contributed by atoms with Gasteiger partial charge in [0.1, 0.15) is 16.5 Å². The Morgan fingerprint density at radius 2 is 2.06 bits per heavy atom. The van der Waals surface area contributed by atoms with E-state index in [4.69, 9.17) is 4.74 Å². The molecule has 0 saturated carbocycles. The average molecular weight is 270 g/mol. The molecule has 6 heteroatoms. The first-order chi connectivity index (χ1) is 8.19. The molecule has 5 nitrogen and oxygen atoms in total. The molecule has 0 spiro atoms. The average Bonchev–Trinajstić information content (AvgIpc) is 2.62. The quantitative estimate of drug-likeness (QED) is 0.852. The number of aryl methyl sites for hydroxylation is 1. The molecular weight excluding hydrogens is 252 g/mol. The second kappa shape index (κ2) is 5.48. The number of hydrogen-bond donors (Lipinski definition) is 1. The summed E-state index contributed by atoms with van der Waals surface area (Å²) in [7, 11) is 0. The first kappa shape index (κ1) is 14.6. The number of carbonyl (C=O) groups excluding carboxylic acids is 2. The van der Waals surface area contributed by atoms with Gasteiger partial charge in [0.05, 0.1) is 11.2 Å². The number of nitrogens with zero attached hydrogens (tertiary/aromatic N) is 1. The fourth-order valence-electron chi connectivity index (χ4n) is 1.18. The number of carbonyl (C=O) groups is 2. The van der Waals surface area contributed by atoms with Gasteiger partial charge in [0.15, 0.2) is 0 Å². The highest BCUT2D eigenvalue weighted by Gasteiger charge is 2.23. The molecule has 1 aromatic heterocycles. The van der Waals surface area contributed by atoms with Crippen LogP contribution in [0, 0.1) is 6.92 Å². The zero-order valence-electron chi connectivity index (χ0n) is 11.2. The van der Waals surface area contributed by atoms with Crippen LogP contribution in [0.5, 0.6) is 0 Å². The van der Waals surface area contributed by atoms with Gasteiger partial charge >= 0.3 is 5.97 Å². The summed E-state index contributed by atoms with van der Waals surface area (Å²) >= 11 is 1.29. The van der Waals surface area contributed by atoms with E-state index < -0.39 is 17.6 Å². The first-order valence-electron chi connectivity index (χ1n) is 5.65. The Morgan fingerprint density at radius 1 is 1.44 bits per heavy atom. The van der Waals surface area contributed by atoms with Gasteiger partial charge in [-0.3, -0.25) is 4.79 Å². The number of esters is 1. The maximum Gasteiger partial charge on any atom is 0.328 e. The van der Waals surface area contributed by atoms with E-state index in [9.17, 15) is 9.59 Å². The van der Waals surface area contributed by atoms with E-state index >= 15 is 0 Å². The highest BCUT2D eigenvalue weighted by Crippen LogP contribution is 2.12. The van der Waals surface area contributed by atoms with Gasteiger partial charge in [0.2, 0.25) is 0 Å². The lowest BCUT2D eigenvalue weighted by Crippen LogP contribution is -2.42. The van der Waals surface area contributed by atoms with Gasteiger partial charge in [-0.05, 0) is 34.6 Å². The van der Waals surface area contributed by atoms with Gasteiger partial charge in [-0.15, -0.1) is 11.3 Å². The molecule has 0 saturated heterocycles. The van der Waals surface area contributed by atoms with E-state index in [1.807, 2.05) is 6.92 Å². The lowest BCUT2D eigenvalue weighted by molar-refractivity contribution is -0.156. The van der Waals surface area contributed by atoms with E-state index in [1.165, 1.54) is 17.5 Å². The minimum atomic E-state index is -0.681. The Bertz CT molecular complexity index is 448. The van der Waals surface area contributed by atoms with Crippen LogP contribution in [0.25, 0.3) is 0 Å². The number of nitrogens with one attached hydrogen (secondary N) is 1. The van der Waals surface area contributed by atoms with Gasteiger partial charge in [0.25, 0.3) is 5.91 Å². The third-order valence-corrected chi connectivity index (χ3v) is 2.86. The van der Waals surface area contributed by atoms with Crippen molar-refractivity contribution in [2.75, 3.05) is 0 Å². The maximum atomic E-state index is 11.8. The number of ether oxygens (including phenoxy) is 1. The maximum absolute atomic E-state index is 11.8. The summed E-state index contributed by atoms with van der Waals surface area (Å²) in [6.45, 7) is 8.77. The third kappa shape index (κ3) is 4.44. The van der Waals surface area contributed by atoms with Gasteiger partial charge in [-0.2, -0.15) is 0 Å². The number of aromatic nitrogens is 1. The largest absolute Gasteiger partial charge is 0.458 e. The molecule has 0 aromatic carbocycles. The van der Waals surface area contributed by atoms with Crippen molar-refractivity contribution in [1.29, 1.82) is 0 Å². The number of thiazole rings is 1. The van der Waals surface area contributed by atoms with Crippen LogP contribution in [-0.2, 0) is 9.53 Å². The summed E-state index contributed by atoms with van der Waals surface area (Å²) < 4.78 is 5.18. The molecule has 1 amide bonds. The molecule has 18 heavy (non-hydrogen) atoms. The zero-order chi connectivity index (χ0) is 13.9. The van der Waals surface area contributed by atoms with Crippen LogP contribution in [-0.4, -0.2) is 28.5 Å². The first-order valence-corrected chi connectivity index (χ1v) is 6.47. The Balaban J connectivity index is 2.57. The lowest BCUT2D eigenvalue weighted by Gasteiger charge is -2.22. The molecule has 0 aliphatic carbocycles. The van der Waals surface area contributed by atoms with E-state index in [0.717, 1.165) is 5.01 Å². The molecular formula is C12H18N2O3S. The zero-order valence-corrected chi connectivity index (χ0v) is 12.1. The number of hydrogen-bond acceptors (Lipinski definition) is 5. The summed E-state index contributed by atoms with van der Waals surface area (Å²) in [5.74, 6) is -0.754. The summed E-state index contributed by atoms with van der Waals surface area (Å²) in [6, 6.07) is -0.681. The second-order valence-corrected chi connectivity index (χ2v) is 6.21. The van der Waals surface area contributed by atoms with E-state index in [-0.39, 0.29) is 5.91 Å². The molecule has 0 aliphatic heterocycles. The van der Waals surface area contributed by atoms with Crippen LogP contribution < -0.4 is 5.32 Å². The summed E-state index contributed by atoms with van der Waals surface area (Å²) in [5, 5.41) is 3.40. The molecule has 0 bridgehead atoms. The third-order valence-electron chi connectivity index (χ3n) is 1.95. The summed E-state index contributed by atoms with van der Waals surface area (Å²) in [6.07, 6.45) is 1.50. The van der Waals surface area contributed by atoms with Crippen molar-refractivity contribution in [3.05, 3.63) is 16.1 Å². The smallest absolute Gasteiger partial charge is 0.328 e. The van der Waals surface area contributed by atoms with Crippen LogP contribution in [0.1, 0.15) is 42.4 Å². The number of amides is 1. The molecule has 1 atom stereocenters. The molecule has 0 aliphatic rings. The van der Waals surface area contributed by atoms with E-state index in [1.54, 1.807) is 27.7 Å². The molecule has 0 fully saturated rings. The fourth-order valence-corrected chi connectivity index (χ4v) is 1.86. The molecule has 100 valence electrons. The van der Waals surface area contributed by atoms with Crippen molar-refractivity contribution < 1.29 is 14.3 Å². The minimum Gasteiger partial charge on any atom is -0.458 e. The van der Waals surface area contributed by atoms with Gasteiger partial charge < -0.3 is 10.1 Å². The van der Waals surface area contributed by atoms with Crippen molar-refractivity contribution in [3.8, 4) is 0 Å².